The number of allylic oxidation sites excluding steroid dienone is 1. The maximum absolute atomic E-state index is 14.7. The minimum Gasteiger partial charge on any atom is -0.455 e. The summed E-state index contributed by atoms with van der Waals surface area (Å²) in [7, 11) is 1.49. The van der Waals surface area contributed by atoms with E-state index in [1.54, 1.807) is 67.6 Å². The minimum absolute atomic E-state index is 0.0346. The van der Waals surface area contributed by atoms with Gasteiger partial charge >= 0.3 is 5.97 Å². The molecule has 5 rings (SSSR count). The number of amides is 3. The number of methoxy groups -OCH3 is 1. The van der Waals surface area contributed by atoms with Crippen LogP contribution in [0.1, 0.15) is 37.9 Å². The number of rotatable bonds is 16. The molecule has 3 fully saturated rings. The molecule has 2 aromatic rings. The van der Waals surface area contributed by atoms with E-state index < -0.39 is 77.0 Å². The lowest BCUT2D eigenvalue weighted by atomic mass is 9.70. The minimum atomic E-state index is -1.40. The number of hydrogen-bond acceptors (Lipinski definition) is 8. The third-order valence-electron chi connectivity index (χ3n) is 9.69. The lowest BCUT2D eigenvalue weighted by Crippen LogP contribution is -2.58. The smallest absolute Gasteiger partial charge is 0.313 e. The van der Waals surface area contributed by atoms with E-state index in [1.165, 1.54) is 16.9 Å². The van der Waals surface area contributed by atoms with E-state index in [9.17, 15) is 24.3 Å². The van der Waals surface area contributed by atoms with Crippen molar-refractivity contribution in [1.29, 1.82) is 0 Å². The summed E-state index contributed by atoms with van der Waals surface area (Å²) in [6.45, 7) is 8.90. The van der Waals surface area contributed by atoms with Crippen molar-refractivity contribution >= 4 is 56.9 Å². The number of anilines is 1. The Balaban J connectivity index is 1.53. The molecule has 2 N–H and O–H groups in total. The molecule has 3 saturated heterocycles. The van der Waals surface area contributed by atoms with Gasteiger partial charge in [0, 0.05) is 35.6 Å². The van der Waals surface area contributed by atoms with Crippen LogP contribution in [0.25, 0.3) is 0 Å². The second kappa shape index (κ2) is 16.2. The van der Waals surface area contributed by atoms with Crippen LogP contribution in [0.4, 0.5) is 5.69 Å². The van der Waals surface area contributed by atoms with Gasteiger partial charge in [0.05, 0.1) is 43.2 Å². The quantitative estimate of drug-likeness (QED) is 0.146. The summed E-state index contributed by atoms with van der Waals surface area (Å²) in [6, 6.07) is 13.0. The zero-order valence-electron chi connectivity index (χ0n) is 28.1. The number of hydrogen-bond donors (Lipinski definition) is 2. The fourth-order valence-electron chi connectivity index (χ4n) is 7.52. The second-order valence-electron chi connectivity index (χ2n) is 12.9. The molecule has 3 aliphatic rings. The second-order valence-corrected chi connectivity index (χ2v) is 14.5. The van der Waals surface area contributed by atoms with E-state index in [0.717, 1.165) is 0 Å². The summed E-state index contributed by atoms with van der Waals surface area (Å²) < 4.78 is 18.4. The number of alkyl halides is 1. The van der Waals surface area contributed by atoms with E-state index in [-0.39, 0.29) is 31.9 Å². The van der Waals surface area contributed by atoms with Gasteiger partial charge in [0.25, 0.3) is 5.91 Å². The third-order valence-corrected chi connectivity index (χ3v) is 10.8. The Morgan fingerprint density at radius 3 is 2.50 bits per heavy atom. The first kappa shape index (κ1) is 37.7. The van der Waals surface area contributed by atoms with Crippen molar-refractivity contribution < 1.29 is 38.5 Å². The zero-order chi connectivity index (χ0) is 36.2. The van der Waals surface area contributed by atoms with Crippen LogP contribution in [-0.4, -0.2) is 95.2 Å². The molecule has 50 heavy (non-hydrogen) atoms. The maximum atomic E-state index is 14.7. The molecule has 3 amide bonds. The van der Waals surface area contributed by atoms with Gasteiger partial charge in [-0.15, -0.1) is 13.2 Å². The predicted molar refractivity (Wildman–Crippen MR) is 192 cm³/mol. The molecule has 0 aliphatic carbocycles. The summed E-state index contributed by atoms with van der Waals surface area (Å²) >= 11 is 9.84. The van der Waals surface area contributed by atoms with Crippen LogP contribution in [0.15, 0.2) is 79.9 Å². The van der Waals surface area contributed by atoms with Gasteiger partial charge in [0.2, 0.25) is 11.8 Å². The van der Waals surface area contributed by atoms with E-state index in [4.69, 9.17) is 25.8 Å². The number of carbonyl (C=O) groups excluding carboxylic acids is 4. The Morgan fingerprint density at radius 2 is 1.88 bits per heavy atom. The molecule has 1 unspecified atom stereocenters. The molecule has 2 aromatic carbocycles. The third kappa shape index (κ3) is 7.13. The summed E-state index contributed by atoms with van der Waals surface area (Å²) in [5.41, 5.74) is -0.253. The molecule has 9 atom stereocenters. The van der Waals surface area contributed by atoms with E-state index in [2.05, 4.69) is 34.4 Å². The monoisotopic (exact) mass is 771 g/mol. The Labute approximate surface area is 305 Å². The number of carbonyl (C=O) groups is 4. The molecule has 11 nitrogen and oxygen atoms in total. The average Bonchev–Trinajstić information content (AvgIpc) is 3.71. The summed E-state index contributed by atoms with van der Waals surface area (Å²) in [5.74, 6) is -4.07. The Hall–Kier alpha value is -3.55. The van der Waals surface area contributed by atoms with Gasteiger partial charge in [0.15, 0.2) is 0 Å². The van der Waals surface area contributed by atoms with Crippen LogP contribution in [0.5, 0.6) is 0 Å². The molecule has 3 heterocycles. The molecule has 13 heteroatoms. The number of esters is 1. The van der Waals surface area contributed by atoms with Gasteiger partial charge in [-0.2, -0.15) is 0 Å². The van der Waals surface area contributed by atoms with Gasteiger partial charge < -0.3 is 34.4 Å². The highest BCUT2D eigenvalue weighted by atomic mass is 79.9. The standard InChI is InChI=1S/C37H43BrClN3O8/c1-5-7-13-28(44)40-27(21-48-4)31(23-11-9-8-10-12-23)49-36(47)29-30-34(45)42(22(3)20-43)33(37(30)19-26(38)32(29)50-37)35(46)41(18-6-2)25-16-14-24(39)15-17-25/h5-6,8-12,14-17,22,26-27,29-33,43H,1-2,7,13,18-21H2,3-4H3,(H,40,44)/t22-,26?,27+,29+,30-,31+,32+,33+,37-/m1/s1. The molecule has 268 valence electrons. The van der Waals surface area contributed by atoms with Crippen LogP contribution in [0.3, 0.4) is 0 Å². The first-order chi connectivity index (χ1) is 24.0. The average molecular weight is 773 g/mol. The van der Waals surface area contributed by atoms with E-state index in [0.29, 0.717) is 22.7 Å². The molecular formula is C37H43BrClN3O8. The first-order valence-electron chi connectivity index (χ1n) is 16.6. The van der Waals surface area contributed by atoms with Crippen LogP contribution in [-0.2, 0) is 33.4 Å². The predicted octanol–water partition coefficient (Wildman–Crippen LogP) is 4.37. The fraction of sp³-hybridized carbons (Fsp3) is 0.459. The van der Waals surface area contributed by atoms with Crippen LogP contribution >= 0.6 is 27.5 Å². The van der Waals surface area contributed by atoms with Crippen LogP contribution in [0, 0.1) is 11.8 Å². The number of ether oxygens (including phenoxy) is 3. The van der Waals surface area contributed by atoms with Crippen molar-refractivity contribution in [1.82, 2.24) is 10.2 Å². The fourth-order valence-corrected chi connectivity index (χ4v) is 8.59. The molecule has 2 bridgehead atoms. The molecular weight excluding hydrogens is 730 g/mol. The molecule has 0 saturated carbocycles. The number of fused-ring (bicyclic) bond motifs is 1. The van der Waals surface area contributed by atoms with Crippen molar-refractivity contribution in [2.45, 2.75) is 66.9 Å². The van der Waals surface area contributed by atoms with Gasteiger partial charge in [0.1, 0.15) is 17.7 Å². The molecule has 0 radical (unpaired) electrons. The Bertz CT molecular complexity index is 1580. The largest absolute Gasteiger partial charge is 0.455 e. The highest BCUT2D eigenvalue weighted by molar-refractivity contribution is 9.09. The summed E-state index contributed by atoms with van der Waals surface area (Å²) in [6.07, 6.45) is 2.37. The van der Waals surface area contributed by atoms with Crippen molar-refractivity contribution in [2.75, 3.05) is 31.8 Å². The number of nitrogens with one attached hydrogen (secondary N) is 1. The topological polar surface area (TPSA) is 135 Å². The van der Waals surface area contributed by atoms with Crippen molar-refractivity contribution in [3.8, 4) is 0 Å². The van der Waals surface area contributed by atoms with Gasteiger partial charge in [-0.05, 0) is 49.6 Å². The van der Waals surface area contributed by atoms with Crippen molar-refractivity contribution in [3.05, 3.63) is 90.5 Å². The summed E-state index contributed by atoms with van der Waals surface area (Å²) in [5, 5.41) is 13.7. The van der Waals surface area contributed by atoms with Crippen LogP contribution in [0.2, 0.25) is 5.02 Å². The molecule has 1 spiro atoms. The number of halogens is 2. The normalized spacial score (nSPS) is 26.9. The van der Waals surface area contributed by atoms with Crippen molar-refractivity contribution in [3.63, 3.8) is 0 Å². The molecule has 0 aromatic heterocycles. The van der Waals surface area contributed by atoms with Gasteiger partial charge in [-0.1, -0.05) is 70.0 Å². The first-order valence-corrected chi connectivity index (χ1v) is 17.9. The lowest BCUT2D eigenvalue weighted by molar-refractivity contribution is -0.163. The Morgan fingerprint density at radius 1 is 1.18 bits per heavy atom. The number of nitrogens with zero attached hydrogens (tertiary/aromatic N) is 2. The summed E-state index contributed by atoms with van der Waals surface area (Å²) in [4.78, 5) is 59.0. The van der Waals surface area contributed by atoms with E-state index in [1.807, 2.05) is 6.07 Å². The lowest BCUT2D eigenvalue weighted by Gasteiger charge is -2.38. The Kier molecular flexibility index (Phi) is 12.2. The number of likely N-dealkylation sites (tertiary alicyclic amines) is 1. The van der Waals surface area contributed by atoms with Crippen LogP contribution < -0.4 is 10.2 Å². The van der Waals surface area contributed by atoms with Gasteiger partial charge in [-0.25, -0.2) is 0 Å². The zero-order valence-corrected chi connectivity index (χ0v) is 30.4. The SMILES string of the molecule is C=CCCC(=O)N[C@@H](COC)[C@@H](OC(=O)[C@@H]1[C@H]2O[C@@]3(CC2Br)[C@H](C(=O)N(CC=C)c2ccc(Cl)cc2)N([C@H](C)CO)C(=O)[C@@H]13)c1ccccc1. The number of aliphatic hydroxyl groups is 1. The van der Waals surface area contributed by atoms with Crippen molar-refractivity contribution in [2.24, 2.45) is 11.8 Å². The number of benzene rings is 2. The highest BCUT2D eigenvalue weighted by Gasteiger charge is 2.77. The van der Waals surface area contributed by atoms with Gasteiger partial charge in [-0.3, -0.25) is 19.2 Å². The van der Waals surface area contributed by atoms with E-state index >= 15 is 0 Å². The highest BCUT2D eigenvalue weighted by Crippen LogP contribution is 2.61. The molecule has 3 aliphatic heterocycles. The maximum Gasteiger partial charge on any atom is 0.313 e. The number of aliphatic hydroxyl groups excluding tert-OH is 1.